The molecule has 0 bridgehead atoms. The molecular formula is C35H37ClN4O4. The first kappa shape index (κ1) is 30.1. The van der Waals surface area contributed by atoms with Gasteiger partial charge in [-0.3, -0.25) is 9.59 Å². The monoisotopic (exact) mass is 612 g/mol. The number of hydrogen-bond acceptors (Lipinski definition) is 6. The largest absolute Gasteiger partial charge is 0.487 e. The number of aliphatic hydroxyl groups excluding tert-OH is 1. The van der Waals surface area contributed by atoms with Gasteiger partial charge in [0.05, 0.1) is 22.9 Å². The predicted octanol–water partition coefficient (Wildman–Crippen LogP) is 5.19. The average Bonchev–Trinajstić information content (AvgIpc) is 3.03. The Morgan fingerprint density at radius 3 is 2.48 bits per heavy atom. The maximum atomic E-state index is 13.6. The van der Waals surface area contributed by atoms with E-state index in [1.54, 1.807) is 24.3 Å². The minimum absolute atomic E-state index is 0.0128. The second kappa shape index (κ2) is 12.9. The van der Waals surface area contributed by atoms with E-state index in [2.05, 4.69) is 40.9 Å². The van der Waals surface area contributed by atoms with Crippen molar-refractivity contribution in [3.8, 4) is 11.4 Å². The van der Waals surface area contributed by atoms with Crippen molar-refractivity contribution in [2.45, 2.75) is 69.2 Å². The molecule has 0 unspecified atom stereocenters. The molecule has 1 fully saturated rings. The smallest absolute Gasteiger partial charge is 0.273 e. The van der Waals surface area contributed by atoms with Crippen molar-refractivity contribution in [2.24, 2.45) is 0 Å². The van der Waals surface area contributed by atoms with E-state index < -0.39 is 23.6 Å². The molecule has 44 heavy (non-hydrogen) atoms. The summed E-state index contributed by atoms with van der Waals surface area (Å²) in [6.45, 7) is 2.38. The number of carbonyl (C=O) groups excluding carboxylic acids is 1. The van der Waals surface area contributed by atoms with Gasteiger partial charge < -0.3 is 20.5 Å². The van der Waals surface area contributed by atoms with E-state index in [9.17, 15) is 14.7 Å². The van der Waals surface area contributed by atoms with Crippen LogP contribution in [0.15, 0.2) is 89.7 Å². The molecule has 1 aromatic heterocycles. The van der Waals surface area contributed by atoms with Crippen molar-refractivity contribution < 1.29 is 14.6 Å². The first-order chi connectivity index (χ1) is 21.3. The molecule has 0 radical (unpaired) electrons. The van der Waals surface area contributed by atoms with Gasteiger partial charge in [-0.2, -0.15) is 9.78 Å². The molecule has 1 aliphatic carbocycles. The number of fused-ring (bicyclic) bond motifs is 1. The summed E-state index contributed by atoms with van der Waals surface area (Å²) in [6, 6.07) is 25.5. The van der Waals surface area contributed by atoms with Crippen LogP contribution in [0.1, 0.15) is 65.8 Å². The number of hydrogen-bond donors (Lipinski definition) is 3. The molecule has 1 saturated carbocycles. The van der Waals surface area contributed by atoms with Gasteiger partial charge in [0.1, 0.15) is 11.4 Å². The lowest BCUT2D eigenvalue weighted by Gasteiger charge is -2.48. The van der Waals surface area contributed by atoms with Crippen LogP contribution >= 0.6 is 11.6 Å². The lowest BCUT2D eigenvalue weighted by atomic mass is 9.72. The first-order valence-electron chi connectivity index (χ1n) is 15.3. The third-order valence-corrected chi connectivity index (χ3v) is 9.07. The predicted molar refractivity (Wildman–Crippen MR) is 171 cm³/mol. The van der Waals surface area contributed by atoms with Crippen molar-refractivity contribution in [1.82, 2.24) is 20.4 Å². The molecule has 3 atom stereocenters. The average molecular weight is 613 g/mol. The van der Waals surface area contributed by atoms with Gasteiger partial charge in [-0.1, -0.05) is 79.2 Å². The van der Waals surface area contributed by atoms with Gasteiger partial charge in [-0.25, -0.2) is 0 Å². The number of carbonyl (C=O) groups is 1. The maximum absolute atomic E-state index is 13.6. The lowest BCUT2D eigenvalue weighted by molar-refractivity contribution is -0.0382. The Hall–Kier alpha value is -3.98. The van der Waals surface area contributed by atoms with E-state index in [1.807, 2.05) is 36.4 Å². The van der Waals surface area contributed by atoms with Crippen LogP contribution in [0.4, 0.5) is 0 Å². The van der Waals surface area contributed by atoms with Gasteiger partial charge in [-0.05, 0) is 61.4 Å². The maximum Gasteiger partial charge on any atom is 0.273 e. The summed E-state index contributed by atoms with van der Waals surface area (Å²) in [5, 5.41) is 22.4. The van der Waals surface area contributed by atoms with E-state index in [0.717, 1.165) is 53.7 Å². The standard InChI is InChI=1S/C35H37ClN4O4/c1-2-23-14-15-31-26(18-23)29(21-35(44-31)16-9-17-35)37-22-30(41)28(19-24-10-5-3-6-11-24)38-34(43)33-27(36)20-32(42)40(39-33)25-12-7-4-8-13-25/h3-8,10-15,18,20,28-30,37,41H,2,9,16-17,19,21-22H2,1H3,(H,38,43)/t28-,29-,30+/m0/s1. The number of ether oxygens (including phenoxy) is 1. The fourth-order valence-electron chi connectivity index (χ4n) is 6.14. The third kappa shape index (κ3) is 6.43. The molecule has 1 spiro atoms. The highest BCUT2D eigenvalue weighted by atomic mass is 35.5. The van der Waals surface area contributed by atoms with Crippen LogP contribution in [0, 0.1) is 0 Å². The van der Waals surface area contributed by atoms with Crippen molar-refractivity contribution in [3.05, 3.63) is 123 Å². The number of nitrogens with zero attached hydrogens (tertiary/aromatic N) is 2. The summed E-state index contributed by atoms with van der Waals surface area (Å²) in [6.07, 6.45) is 4.40. The Balaban J connectivity index is 1.23. The number of benzene rings is 3. The van der Waals surface area contributed by atoms with Crippen molar-refractivity contribution in [2.75, 3.05) is 6.54 Å². The van der Waals surface area contributed by atoms with Crippen molar-refractivity contribution in [3.63, 3.8) is 0 Å². The summed E-state index contributed by atoms with van der Waals surface area (Å²) in [7, 11) is 0. The molecule has 1 amide bonds. The Bertz CT molecular complexity index is 1670. The molecule has 0 saturated heterocycles. The number of aryl methyl sites for hydroxylation is 1. The van der Waals surface area contributed by atoms with Gasteiger partial charge in [-0.15, -0.1) is 0 Å². The molecule has 4 aromatic rings. The molecule has 3 aromatic carbocycles. The van der Waals surface area contributed by atoms with Crippen molar-refractivity contribution >= 4 is 17.5 Å². The minimum Gasteiger partial charge on any atom is -0.487 e. The van der Waals surface area contributed by atoms with Gasteiger partial charge >= 0.3 is 0 Å². The molecule has 9 heteroatoms. The number of nitrogens with one attached hydrogen (secondary N) is 2. The second-order valence-corrected chi connectivity index (χ2v) is 12.2. The normalized spacial score (nSPS) is 18.0. The highest BCUT2D eigenvalue weighted by molar-refractivity contribution is 6.33. The lowest BCUT2D eigenvalue weighted by Crippen LogP contribution is -2.52. The Labute approximate surface area is 262 Å². The highest BCUT2D eigenvalue weighted by Gasteiger charge is 2.45. The number of aromatic nitrogens is 2. The fraction of sp³-hybridized carbons (Fsp3) is 0.343. The Kier molecular flexibility index (Phi) is 8.84. The van der Waals surface area contributed by atoms with Gasteiger partial charge in [0, 0.05) is 30.6 Å². The van der Waals surface area contributed by atoms with E-state index >= 15 is 0 Å². The van der Waals surface area contributed by atoms with E-state index in [4.69, 9.17) is 16.3 Å². The summed E-state index contributed by atoms with van der Waals surface area (Å²) >= 11 is 6.36. The SMILES string of the molecule is CCc1ccc2c(c1)[C@@H](NC[C@@H](O)[C@H](Cc1ccccc1)NC(=O)c1nn(-c3ccccc3)c(=O)cc1Cl)CC1(CCC1)O2. The van der Waals surface area contributed by atoms with E-state index in [-0.39, 0.29) is 28.9 Å². The number of aliphatic hydroxyl groups is 1. The number of para-hydroxylation sites is 1. The summed E-state index contributed by atoms with van der Waals surface area (Å²) < 4.78 is 7.63. The molecule has 1 aliphatic heterocycles. The van der Waals surface area contributed by atoms with Crippen LogP contribution < -0.4 is 20.9 Å². The Morgan fingerprint density at radius 1 is 1.07 bits per heavy atom. The zero-order chi connectivity index (χ0) is 30.7. The topological polar surface area (TPSA) is 105 Å². The van der Waals surface area contributed by atoms with Gasteiger partial charge in [0.15, 0.2) is 5.69 Å². The summed E-state index contributed by atoms with van der Waals surface area (Å²) in [5.41, 5.74) is 3.12. The van der Waals surface area contributed by atoms with Crippen LogP contribution in [0.5, 0.6) is 5.75 Å². The third-order valence-electron chi connectivity index (χ3n) is 8.78. The first-order valence-corrected chi connectivity index (χ1v) is 15.7. The number of amides is 1. The number of halogens is 1. The van der Waals surface area contributed by atoms with Crippen LogP contribution in [0.25, 0.3) is 5.69 Å². The summed E-state index contributed by atoms with van der Waals surface area (Å²) in [4.78, 5) is 26.3. The summed E-state index contributed by atoms with van der Waals surface area (Å²) in [5.74, 6) is 0.334. The minimum atomic E-state index is -0.934. The van der Waals surface area contributed by atoms with E-state index in [1.165, 1.54) is 11.6 Å². The van der Waals surface area contributed by atoms with Crippen LogP contribution in [0.2, 0.25) is 5.02 Å². The second-order valence-electron chi connectivity index (χ2n) is 11.8. The zero-order valence-corrected chi connectivity index (χ0v) is 25.5. The van der Waals surface area contributed by atoms with Gasteiger partial charge in [0.2, 0.25) is 0 Å². The Morgan fingerprint density at radius 2 is 1.80 bits per heavy atom. The van der Waals surface area contributed by atoms with Crippen molar-refractivity contribution in [1.29, 1.82) is 0 Å². The molecule has 3 N–H and O–H groups in total. The van der Waals surface area contributed by atoms with Gasteiger partial charge in [0.25, 0.3) is 11.5 Å². The van der Waals surface area contributed by atoms with Crippen LogP contribution in [-0.2, 0) is 12.8 Å². The van der Waals surface area contributed by atoms with Crippen LogP contribution in [0.3, 0.4) is 0 Å². The van der Waals surface area contributed by atoms with E-state index in [0.29, 0.717) is 12.1 Å². The molecule has 228 valence electrons. The molecular weight excluding hydrogens is 576 g/mol. The number of rotatable bonds is 10. The molecule has 2 aliphatic rings. The molecule has 6 rings (SSSR count). The highest BCUT2D eigenvalue weighted by Crippen LogP contribution is 2.49. The fourth-order valence-corrected chi connectivity index (χ4v) is 6.35. The zero-order valence-electron chi connectivity index (χ0n) is 24.7. The quantitative estimate of drug-likeness (QED) is 0.228. The van der Waals surface area contributed by atoms with Crippen LogP contribution in [-0.4, -0.2) is 45.1 Å². The molecule has 8 nitrogen and oxygen atoms in total. The molecule has 2 heterocycles.